The molecule has 3 N–H and O–H groups in total. The highest BCUT2D eigenvalue weighted by Gasteiger charge is 2.34. The monoisotopic (exact) mass is 483 g/mol. The molecule has 1 fully saturated rings. The molecule has 0 saturated carbocycles. The van der Waals surface area contributed by atoms with E-state index in [0.29, 0.717) is 30.6 Å². The minimum Gasteiger partial charge on any atom is -0.400 e. The van der Waals surface area contributed by atoms with Gasteiger partial charge in [-0.1, -0.05) is 0 Å². The van der Waals surface area contributed by atoms with Gasteiger partial charge in [-0.2, -0.15) is 0 Å². The first-order valence-electron chi connectivity index (χ1n) is 10.4. The molecule has 3 rings (SSSR count). The highest BCUT2D eigenvalue weighted by Crippen LogP contribution is 2.23. The number of carbonyl (C=O) groups excluding carboxylic acids is 2. The molecule has 2 amide bonds. The molecule has 0 unspecified atom stereocenters. The molecule has 2 aromatic carbocycles. The third-order valence-electron chi connectivity index (χ3n) is 4.78. The van der Waals surface area contributed by atoms with E-state index >= 15 is 0 Å². The van der Waals surface area contributed by atoms with E-state index in [2.05, 4.69) is 10.0 Å². The number of nitrogens with zero attached hydrogens (tertiary/aromatic N) is 1. The Balaban J connectivity index is 0.00000282. The standard InChI is InChI=1S/C22H26FN3O4S.CH4O.2H2/c1-22(2,3)25-31(29,30)18-12-10-17(11-13-18)24-20(27)19-5-4-14-26(19)21(28)15-6-8-16(23)9-7-15;1-2;;/h6-13,19,25H,4-5,14H2,1-3H3,(H,24,27);2H,1H3;2*1H/t19-;;;/m0.../s1. The molecule has 0 aliphatic carbocycles. The van der Waals surface area contributed by atoms with Gasteiger partial charge in [0.25, 0.3) is 5.91 Å². The minimum atomic E-state index is -3.67. The zero-order valence-electron chi connectivity index (χ0n) is 19.1. The first kappa shape index (κ1) is 26.4. The number of likely N-dealkylation sites (tertiary alicyclic amines) is 1. The maximum absolute atomic E-state index is 13.1. The summed E-state index contributed by atoms with van der Waals surface area (Å²) >= 11 is 0. The van der Waals surface area contributed by atoms with Gasteiger partial charge in [-0.15, -0.1) is 0 Å². The zero-order valence-corrected chi connectivity index (χ0v) is 19.9. The van der Waals surface area contributed by atoms with Gasteiger partial charge < -0.3 is 15.3 Å². The molecule has 1 heterocycles. The van der Waals surface area contributed by atoms with E-state index in [1.54, 1.807) is 20.8 Å². The molecule has 10 heteroatoms. The van der Waals surface area contributed by atoms with Crippen molar-refractivity contribution in [3.8, 4) is 0 Å². The summed E-state index contributed by atoms with van der Waals surface area (Å²) in [5, 5.41) is 9.75. The van der Waals surface area contributed by atoms with E-state index in [1.165, 1.54) is 53.4 Å². The summed E-state index contributed by atoms with van der Waals surface area (Å²) in [5.41, 5.74) is 0.136. The van der Waals surface area contributed by atoms with Crippen molar-refractivity contribution in [1.29, 1.82) is 0 Å². The molecule has 0 spiro atoms. The summed E-state index contributed by atoms with van der Waals surface area (Å²) in [5.74, 6) is -1.11. The predicted molar refractivity (Wildman–Crippen MR) is 128 cm³/mol. The number of benzene rings is 2. The molecular weight excluding hydrogens is 449 g/mol. The van der Waals surface area contributed by atoms with E-state index in [1.807, 2.05) is 0 Å². The van der Waals surface area contributed by atoms with Crippen LogP contribution in [-0.4, -0.2) is 55.5 Å². The van der Waals surface area contributed by atoms with Crippen LogP contribution in [0.25, 0.3) is 0 Å². The number of rotatable bonds is 5. The number of aliphatic hydroxyl groups excluding tert-OH is 1. The van der Waals surface area contributed by atoms with E-state index in [9.17, 15) is 22.4 Å². The van der Waals surface area contributed by atoms with E-state index < -0.39 is 27.4 Å². The Kier molecular flexibility index (Phi) is 8.70. The van der Waals surface area contributed by atoms with Crippen LogP contribution in [0.1, 0.15) is 46.8 Å². The average molecular weight is 484 g/mol. The first-order valence-corrected chi connectivity index (χ1v) is 11.9. The van der Waals surface area contributed by atoms with Gasteiger partial charge in [-0.05, 0) is 82.1 Å². The molecular formula is C23H34FN3O5S. The van der Waals surface area contributed by atoms with Crippen LogP contribution in [0, 0.1) is 5.82 Å². The van der Waals surface area contributed by atoms with Gasteiger partial charge in [0.05, 0.1) is 4.90 Å². The number of halogens is 1. The fraction of sp³-hybridized carbons (Fsp3) is 0.391. The smallest absolute Gasteiger partial charge is 0.254 e. The van der Waals surface area contributed by atoms with Crippen LogP contribution >= 0.6 is 0 Å². The number of amides is 2. The van der Waals surface area contributed by atoms with Gasteiger partial charge >= 0.3 is 0 Å². The quantitative estimate of drug-likeness (QED) is 0.604. The Morgan fingerprint density at radius 2 is 1.64 bits per heavy atom. The van der Waals surface area contributed by atoms with E-state index in [-0.39, 0.29) is 19.6 Å². The summed E-state index contributed by atoms with van der Waals surface area (Å²) in [4.78, 5) is 27.1. The van der Waals surface area contributed by atoms with Crippen molar-refractivity contribution < 1.29 is 30.4 Å². The fourth-order valence-electron chi connectivity index (χ4n) is 3.45. The van der Waals surface area contributed by atoms with Crippen molar-refractivity contribution in [1.82, 2.24) is 9.62 Å². The highest BCUT2D eigenvalue weighted by atomic mass is 32.2. The number of sulfonamides is 1. The third-order valence-corrected chi connectivity index (χ3v) is 6.55. The molecule has 1 atom stereocenters. The van der Waals surface area contributed by atoms with Crippen molar-refractivity contribution >= 4 is 27.5 Å². The Bertz CT molecular complexity index is 1080. The van der Waals surface area contributed by atoms with E-state index in [0.717, 1.165) is 7.11 Å². The zero-order chi connectivity index (χ0) is 24.8. The summed E-state index contributed by atoms with van der Waals surface area (Å²) in [6, 6.07) is 10.4. The van der Waals surface area contributed by atoms with Crippen molar-refractivity contribution in [2.75, 3.05) is 19.0 Å². The van der Waals surface area contributed by atoms with Crippen molar-refractivity contribution in [2.45, 2.75) is 50.1 Å². The molecule has 1 aliphatic heterocycles. The van der Waals surface area contributed by atoms with Gasteiger partial charge in [0.1, 0.15) is 11.9 Å². The van der Waals surface area contributed by atoms with Crippen LogP contribution in [0.2, 0.25) is 0 Å². The van der Waals surface area contributed by atoms with Crippen molar-refractivity contribution in [2.24, 2.45) is 0 Å². The third kappa shape index (κ3) is 7.08. The molecule has 184 valence electrons. The molecule has 8 nitrogen and oxygen atoms in total. The maximum Gasteiger partial charge on any atom is 0.254 e. The van der Waals surface area contributed by atoms with Gasteiger partial charge in [0.2, 0.25) is 15.9 Å². The second kappa shape index (κ2) is 10.9. The van der Waals surface area contributed by atoms with Gasteiger partial charge in [0, 0.05) is 33.3 Å². The Labute approximate surface area is 196 Å². The molecule has 0 bridgehead atoms. The lowest BCUT2D eigenvalue weighted by atomic mass is 10.1. The molecule has 2 aromatic rings. The lowest BCUT2D eigenvalue weighted by molar-refractivity contribution is -0.119. The molecule has 0 aromatic heterocycles. The van der Waals surface area contributed by atoms with Gasteiger partial charge in [-0.3, -0.25) is 9.59 Å². The summed E-state index contributed by atoms with van der Waals surface area (Å²) in [6.45, 7) is 5.68. The van der Waals surface area contributed by atoms with Gasteiger partial charge in [0.15, 0.2) is 0 Å². The number of anilines is 1. The fourth-order valence-corrected chi connectivity index (χ4v) is 4.86. The minimum absolute atomic E-state index is 0. The number of hydrogen-bond donors (Lipinski definition) is 3. The maximum atomic E-state index is 13.1. The normalized spacial score (nSPS) is 16.1. The average Bonchev–Trinajstić information content (AvgIpc) is 3.24. The van der Waals surface area contributed by atoms with Crippen LogP contribution in [0.4, 0.5) is 10.1 Å². The van der Waals surface area contributed by atoms with Gasteiger partial charge in [-0.25, -0.2) is 17.5 Å². The largest absolute Gasteiger partial charge is 0.400 e. The second-order valence-electron chi connectivity index (χ2n) is 8.53. The lowest BCUT2D eigenvalue weighted by Gasteiger charge is -2.24. The van der Waals surface area contributed by atoms with Crippen LogP contribution in [0.15, 0.2) is 53.4 Å². The highest BCUT2D eigenvalue weighted by molar-refractivity contribution is 7.89. The Morgan fingerprint density at radius 1 is 1.06 bits per heavy atom. The van der Waals surface area contributed by atoms with Crippen LogP contribution in [0.3, 0.4) is 0 Å². The topological polar surface area (TPSA) is 116 Å². The SMILES string of the molecule is CC(C)(C)NS(=O)(=O)c1ccc(NC(=O)[C@@H]2CCCN2C(=O)c2ccc(F)cc2)cc1.CO.[HH].[HH]. The first-order chi connectivity index (χ1) is 15.5. The molecule has 0 radical (unpaired) electrons. The Hall–Kier alpha value is -2.82. The number of aliphatic hydroxyl groups is 1. The van der Waals surface area contributed by atoms with Crippen molar-refractivity contribution in [3.05, 3.63) is 59.9 Å². The summed E-state index contributed by atoms with van der Waals surface area (Å²) < 4.78 is 40.5. The number of carbonyl (C=O) groups is 2. The lowest BCUT2D eigenvalue weighted by Crippen LogP contribution is -2.43. The summed E-state index contributed by atoms with van der Waals surface area (Å²) in [6.07, 6.45) is 1.20. The van der Waals surface area contributed by atoms with Crippen LogP contribution in [-0.2, 0) is 14.8 Å². The summed E-state index contributed by atoms with van der Waals surface area (Å²) in [7, 11) is -2.67. The Morgan fingerprint density at radius 3 is 2.18 bits per heavy atom. The van der Waals surface area contributed by atoms with E-state index in [4.69, 9.17) is 5.11 Å². The predicted octanol–water partition coefficient (Wildman–Crippen LogP) is 3.25. The number of hydrogen-bond acceptors (Lipinski definition) is 5. The van der Waals surface area contributed by atoms with Crippen molar-refractivity contribution in [3.63, 3.8) is 0 Å². The van der Waals surface area contributed by atoms with Crippen LogP contribution < -0.4 is 10.0 Å². The molecule has 1 aliphatic rings. The molecule has 33 heavy (non-hydrogen) atoms. The van der Waals surface area contributed by atoms with Crippen LogP contribution in [0.5, 0.6) is 0 Å². The number of nitrogens with one attached hydrogen (secondary N) is 2. The second-order valence-corrected chi connectivity index (χ2v) is 10.2. The molecule has 1 saturated heterocycles.